The van der Waals surface area contributed by atoms with Crippen molar-refractivity contribution in [3.05, 3.63) is 29.3 Å². The molecule has 1 aliphatic heterocycles. The number of anilines is 1. The number of benzene rings is 1. The number of fused-ring (bicyclic) bond motifs is 1. The molecule has 0 amide bonds. The molecule has 0 bridgehead atoms. The van der Waals surface area contributed by atoms with E-state index >= 15 is 0 Å². The van der Waals surface area contributed by atoms with Crippen molar-refractivity contribution in [3.63, 3.8) is 0 Å². The molecule has 0 spiro atoms. The number of aryl methyl sites for hydroxylation is 1. The van der Waals surface area contributed by atoms with E-state index in [1.165, 1.54) is 11.1 Å². The summed E-state index contributed by atoms with van der Waals surface area (Å²) in [6.07, 6.45) is 1.59. The van der Waals surface area contributed by atoms with E-state index in [0.29, 0.717) is 12.3 Å². The van der Waals surface area contributed by atoms with E-state index in [4.69, 9.17) is 0 Å². The van der Waals surface area contributed by atoms with E-state index in [0.717, 1.165) is 12.1 Å². The van der Waals surface area contributed by atoms with Gasteiger partial charge in [0.25, 0.3) is 0 Å². The lowest BCUT2D eigenvalue weighted by Crippen LogP contribution is -2.56. The Morgan fingerprint density at radius 1 is 1.50 bits per heavy atom. The number of carboxylic acids is 1. The van der Waals surface area contributed by atoms with Crippen molar-refractivity contribution < 1.29 is 9.90 Å². The molecule has 110 valence electrons. The largest absolute Gasteiger partial charge is 0.480 e. The fraction of sp³-hybridized carbons (Fsp3) is 0.588. The van der Waals surface area contributed by atoms with E-state index < -0.39 is 12.0 Å². The van der Waals surface area contributed by atoms with Gasteiger partial charge < -0.3 is 10.0 Å². The Morgan fingerprint density at radius 3 is 2.70 bits per heavy atom. The number of aliphatic carboxylic acids is 1. The molecular weight excluding hydrogens is 250 g/mol. The van der Waals surface area contributed by atoms with Crippen molar-refractivity contribution in [1.29, 1.82) is 0 Å². The molecule has 20 heavy (non-hydrogen) atoms. The molecule has 0 radical (unpaired) electrons. The third-order valence-corrected chi connectivity index (χ3v) is 4.48. The fourth-order valence-corrected chi connectivity index (χ4v) is 3.71. The minimum absolute atomic E-state index is 0.141. The highest BCUT2D eigenvalue weighted by atomic mass is 16.4. The average molecular weight is 275 g/mol. The lowest BCUT2D eigenvalue weighted by Gasteiger charge is -2.50. The van der Waals surface area contributed by atoms with Crippen LogP contribution in [0.4, 0.5) is 5.69 Å². The number of carboxylic acid groups (broad SMARTS) is 1. The molecule has 2 atom stereocenters. The molecule has 0 unspecified atom stereocenters. The third-order valence-electron chi connectivity index (χ3n) is 4.48. The Hall–Kier alpha value is -1.51. The topological polar surface area (TPSA) is 40.5 Å². The van der Waals surface area contributed by atoms with Gasteiger partial charge >= 0.3 is 5.97 Å². The first-order valence-corrected chi connectivity index (χ1v) is 7.41. The van der Waals surface area contributed by atoms with Gasteiger partial charge in [-0.15, -0.1) is 0 Å². The van der Waals surface area contributed by atoms with Gasteiger partial charge in [-0.2, -0.15) is 0 Å². The van der Waals surface area contributed by atoms with Crippen molar-refractivity contribution in [1.82, 2.24) is 0 Å². The van der Waals surface area contributed by atoms with Crippen molar-refractivity contribution in [2.45, 2.75) is 65.0 Å². The van der Waals surface area contributed by atoms with Crippen LogP contribution in [0.3, 0.4) is 0 Å². The average Bonchev–Trinajstić information content (AvgIpc) is 2.33. The Morgan fingerprint density at radius 2 is 2.15 bits per heavy atom. The molecule has 1 aromatic carbocycles. The normalized spacial score (nSPS) is 22.2. The van der Waals surface area contributed by atoms with E-state index in [-0.39, 0.29) is 5.54 Å². The lowest BCUT2D eigenvalue weighted by atomic mass is 9.78. The van der Waals surface area contributed by atoms with Gasteiger partial charge in [-0.1, -0.05) is 32.0 Å². The van der Waals surface area contributed by atoms with Gasteiger partial charge in [0.15, 0.2) is 0 Å². The molecule has 1 aromatic rings. The van der Waals surface area contributed by atoms with E-state index in [2.05, 4.69) is 50.8 Å². The Balaban J connectivity index is 2.65. The first kappa shape index (κ1) is 14.9. The highest BCUT2D eigenvalue weighted by Crippen LogP contribution is 2.46. The number of nitrogens with zero attached hydrogens (tertiary/aromatic N) is 1. The van der Waals surface area contributed by atoms with Crippen LogP contribution in [-0.2, 0) is 4.79 Å². The zero-order chi connectivity index (χ0) is 15.1. The van der Waals surface area contributed by atoms with Crippen molar-refractivity contribution in [2.24, 2.45) is 0 Å². The second kappa shape index (κ2) is 5.12. The molecule has 0 aliphatic carbocycles. The minimum Gasteiger partial charge on any atom is -0.480 e. The van der Waals surface area contributed by atoms with Crippen LogP contribution in [0, 0.1) is 6.92 Å². The van der Waals surface area contributed by atoms with E-state index in [1.807, 2.05) is 6.92 Å². The number of rotatable bonds is 3. The van der Waals surface area contributed by atoms with Gasteiger partial charge in [-0.25, -0.2) is 4.79 Å². The first-order valence-electron chi connectivity index (χ1n) is 7.41. The minimum atomic E-state index is -0.732. The molecule has 0 fully saturated rings. The Labute approximate surface area is 121 Å². The van der Waals surface area contributed by atoms with Crippen LogP contribution in [0.5, 0.6) is 0 Å². The fourth-order valence-electron chi connectivity index (χ4n) is 3.71. The highest BCUT2D eigenvalue weighted by molar-refractivity contribution is 5.81. The van der Waals surface area contributed by atoms with Gasteiger partial charge in [0.05, 0.1) is 0 Å². The monoisotopic (exact) mass is 275 g/mol. The molecule has 1 aliphatic rings. The van der Waals surface area contributed by atoms with Gasteiger partial charge in [-0.05, 0) is 50.7 Å². The maximum absolute atomic E-state index is 11.7. The van der Waals surface area contributed by atoms with Crippen LogP contribution in [0.25, 0.3) is 0 Å². The molecule has 3 heteroatoms. The lowest BCUT2D eigenvalue weighted by molar-refractivity contribution is -0.139. The molecule has 1 heterocycles. The summed E-state index contributed by atoms with van der Waals surface area (Å²) in [5.74, 6) is -0.271. The summed E-state index contributed by atoms with van der Waals surface area (Å²) in [7, 11) is 0. The Bertz CT molecular complexity index is 522. The van der Waals surface area contributed by atoms with Crippen molar-refractivity contribution in [2.75, 3.05) is 4.90 Å². The zero-order valence-corrected chi connectivity index (χ0v) is 13.1. The first-order chi connectivity index (χ1) is 9.29. The second-order valence-electron chi connectivity index (χ2n) is 6.56. The van der Waals surface area contributed by atoms with Crippen molar-refractivity contribution in [3.8, 4) is 0 Å². The van der Waals surface area contributed by atoms with Crippen molar-refractivity contribution >= 4 is 11.7 Å². The van der Waals surface area contributed by atoms with Gasteiger partial charge in [-0.3, -0.25) is 0 Å². The molecule has 2 rings (SSSR count). The van der Waals surface area contributed by atoms with Crippen LogP contribution in [0.2, 0.25) is 0 Å². The molecule has 0 saturated carbocycles. The van der Waals surface area contributed by atoms with Gasteiger partial charge in [0, 0.05) is 11.2 Å². The summed E-state index contributed by atoms with van der Waals surface area (Å²) in [6, 6.07) is 5.83. The summed E-state index contributed by atoms with van der Waals surface area (Å²) < 4.78 is 0. The van der Waals surface area contributed by atoms with E-state index in [1.54, 1.807) is 0 Å². The van der Waals surface area contributed by atoms with Crippen LogP contribution >= 0.6 is 0 Å². The third kappa shape index (κ3) is 2.30. The number of hydrogen-bond acceptors (Lipinski definition) is 2. The highest BCUT2D eigenvalue weighted by Gasteiger charge is 2.42. The maximum Gasteiger partial charge on any atom is 0.326 e. The summed E-state index contributed by atoms with van der Waals surface area (Å²) >= 11 is 0. The molecular formula is C17H25NO2. The molecule has 3 nitrogen and oxygen atoms in total. The summed E-state index contributed by atoms with van der Waals surface area (Å²) in [5, 5.41) is 9.60. The SMILES string of the molecule is CC[C@@H](C(=O)O)N1c2c(C)cccc2[C@H](C)CC1(C)C. The zero-order valence-electron chi connectivity index (χ0n) is 13.1. The van der Waals surface area contributed by atoms with Crippen LogP contribution < -0.4 is 4.90 Å². The summed E-state index contributed by atoms with van der Waals surface area (Å²) in [4.78, 5) is 13.8. The molecule has 0 aromatic heterocycles. The van der Waals surface area contributed by atoms with Gasteiger partial charge in [0.1, 0.15) is 6.04 Å². The maximum atomic E-state index is 11.7. The summed E-state index contributed by atoms with van der Waals surface area (Å²) in [5.41, 5.74) is 3.44. The summed E-state index contributed by atoms with van der Waals surface area (Å²) in [6.45, 7) is 10.6. The molecule has 1 N–H and O–H groups in total. The number of carbonyl (C=O) groups is 1. The van der Waals surface area contributed by atoms with Crippen LogP contribution in [0.1, 0.15) is 57.6 Å². The van der Waals surface area contributed by atoms with E-state index in [9.17, 15) is 9.90 Å². The van der Waals surface area contributed by atoms with Crippen LogP contribution in [0.15, 0.2) is 18.2 Å². The number of hydrogen-bond donors (Lipinski definition) is 1. The standard InChI is InChI=1S/C17H25NO2/c1-6-14(16(19)20)18-15-11(2)8-7-9-13(15)12(3)10-17(18,4)5/h7-9,12,14H,6,10H2,1-5H3,(H,19,20)/t12-,14+/m1/s1. The number of para-hydroxylation sites is 1. The quantitative estimate of drug-likeness (QED) is 0.908. The van der Waals surface area contributed by atoms with Gasteiger partial charge in [0.2, 0.25) is 0 Å². The Kier molecular flexibility index (Phi) is 3.81. The predicted molar refractivity (Wildman–Crippen MR) is 82.5 cm³/mol. The molecule has 0 saturated heterocycles. The van der Waals surface area contributed by atoms with Crippen LogP contribution in [-0.4, -0.2) is 22.7 Å². The smallest absolute Gasteiger partial charge is 0.326 e. The predicted octanol–water partition coefficient (Wildman–Crippen LogP) is 3.95. The second-order valence-corrected chi connectivity index (χ2v) is 6.56.